The number of hydrogen-bond donors (Lipinski definition) is 1. The molecule has 1 N–H and O–H groups in total. The summed E-state index contributed by atoms with van der Waals surface area (Å²) >= 11 is 0. The maximum absolute atomic E-state index is 13.5. The molecule has 1 aliphatic rings. The highest BCUT2D eigenvalue weighted by Crippen LogP contribution is 2.40. The number of aryl methyl sites for hydroxylation is 1. The average Bonchev–Trinajstić information content (AvgIpc) is 3.16. The van der Waals surface area contributed by atoms with E-state index >= 15 is 0 Å². The van der Waals surface area contributed by atoms with Gasteiger partial charge in [0, 0.05) is 17.1 Å². The summed E-state index contributed by atoms with van der Waals surface area (Å²) in [6, 6.07) is 19.6. The highest BCUT2D eigenvalue weighted by Gasteiger charge is 2.35. The Kier molecular flexibility index (Phi) is 4.89. The molecule has 32 heavy (non-hydrogen) atoms. The van der Waals surface area contributed by atoms with Crippen molar-refractivity contribution < 1.29 is 13.5 Å². The Morgan fingerprint density at radius 3 is 2.38 bits per heavy atom. The van der Waals surface area contributed by atoms with Crippen LogP contribution < -0.4 is 0 Å². The molecule has 0 unspecified atom stereocenters. The molecule has 0 aliphatic heterocycles. The van der Waals surface area contributed by atoms with Crippen LogP contribution >= 0.6 is 0 Å². The van der Waals surface area contributed by atoms with E-state index in [0.29, 0.717) is 16.7 Å². The zero-order valence-corrected chi connectivity index (χ0v) is 18.4. The van der Waals surface area contributed by atoms with Crippen molar-refractivity contribution in [2.45, 2.75) is 36.7 Å². The minimum atomic E-state index is -3.88. The predicted molar refractivity (Wildman–Crippen MR) is 124 cm³/mol. The van der Waals surface area contributed by atoms with Crippen molar-refractivity contribution in [3.8, 4) is 11.8 Å². The number of pyridine rings is 1. The standard InChI is InChI=1S/C26H22N2O3S/c1-19-5-13-24(14-6-19)32(30,31)28-23(18-21-4-2-17-27-25(21)28)12-9-20-7-10-22(11-8-20)26(29)15-3-16-26/h2,4-8,10-11,13-14,17-18,29H,3,15-16H2,1H3. The van der Waals surface area contributed by atoms with Crippen LogP contribution in [0.1, 0.15) is 41.6 Å². The van der Waals surface area contributed by atoms with Crippen molar-refractivity contribution in [3.05, 3.63) is 95.3 Å². The van der Waals surface area contributed by atoms with Crippen LogP contribution in [-0.2, 0) is 15.6 Å². The minimum Gasteiger partial charge on any atom is -0.385 e. The van der Waals surface area contributed by atoms with Gasteiger partial charge in [-0.1, -0.05) is 35.7 Å². The molecule has 5 rings (SSSR count). The van der Waals surface area contributed by atoms with E-state index in [-0.39, 0.29) is 4.90 Å². The molecular formula is C26H22N2O3S. The second-order valence-corrected chi connectivity index (χ2v) is 10.0. The Balaban J connectivity index is 1.58. The van der Waals surface area contributed by atoms with E-state index in [2.05, 4.69) is 16.8 Å². The summed E-state index contributed by atoms with van der Waals surface area (Å²) in [7, 11) is -3.88. The molecule has 4 aromatic rings. The zero-order chi connectivity index (χ0) is 22.3. The van der Waals surface area contributed by atoms with Crippen LogP contribution in [0.5, 0.6) is 0 Å². The molecule has 0 bridgehead atoms. The quantitative estimate of drug-likeness (QED) is 0.479. The van der Waals surface area contributed by atoms with Gasteiger partial charge in [-0.15, -0.1) is 0 Å². The van der Waals surface area contributed by atoms with E-state index in [4.69, 9.17) is 0 Å². The highest BCUT2D eigenvalue weighted by molar-refractivity contribution is 7.90. The van der Waals surface area contributed by atoms with Crippen molar-refractivity contribution in [1.82, 2.24) is 8.96 Å². The van der Waals surface area contributed by atoms with Gasteiger partial charge in [-0.3, -0.25) is 0 Å². The lowest BCUT2D eigenvalue weighted by molar-refractivity contribution is -0.0387. The number of aliphatic hydroxyl groups is 1. The number of fused-ring (bicyclic) bond motifs is 1. The first-order valence-electron chi connectivity index (χ1n) is 10.5. The summed E-state index contributed by atoms with van der Waals surface area (Å²) in [5, 5.41) is 11.2. The molecule has 0 spiro atoms. The van der Waals surface area contributed by atoms with E-state index in [1.807, 2.05) is 37.3 Å². The summed E-state index contributed by atoms with van der Waals surface area (Å²) in [5.41, 5.74) is 2.60. The van der Waals surface area contributed by atoms with Crippen LogP contribution in [0.25, 0.3) is 11.0 Å². The molecule has 1 aliphatic carbocycles. The largest absolute Gasteiger partial charge is 0.385 e. The minimum absolute atomic E-state index is 0.187. The number of benzene rings is 2. The Morgan fingerprint density at radius 2 is 1.72 bits per heavy atom. The Morgan fingerprint density at radius 1 is 1.00 bits per heavy atom. The molecule has 1 saturated carbocycles. The van der Waals surface area contributed by atoms with Gasteiger partial charge in [-0.05, 0) is 80.1 Å². The molecule has 6 heteroatoms. The van der Waals surface area contributed by atoms with Gasteiger partial charge in [-0.25, -0.2) is 17.4 Å². The Bertz CT molecular complexity index is 1470. The van der Waals surface area contributed by atoms with Crippen molar-refractivity contribution in [2.75, 3.05) is 0 Å². The van der Waals surface area contributed by atoms with E-state index in [1.54, 1.807) is 42.6 Å². The molecule has 160 valence electrons. The smallest absolute Gasteiger partial charge is 0.270 e. The molecule has 0 radical (unpaired) electrons. The van der Waals surface area contributed by atoms with Crippen LogP contribution in [0, 0.1) is 18.8 Å². The predicted octanol–water partition coefficient (Wildman–Crippen LogP) is 4.35. The molecule has 2 aromatic heterocycles. The molecule has 1 fully saturated rings. The first kappa shape index (κ1) is 20.5. The third kappa shape index (κ3) is 3.50. The number of nitrogens with zero attached hydrogens (tertiary/aromatic N) is 2. The van der Waals surface area contributed by atoms with Gasteiger partial charge in [0.05, 0.1) is 10.5 Å². The fourth-order valence-corrected chi connectivity index (χ4v) is 5.39. The first-order valence-corrected chi connectivity index (χ1v) is 11.9. The summed E-state index contributed by atoms with van der Waals surface area (Å²) in [5.74, 6) is 6.09. The van der Waals surface area contributed by atoms with Crippen molar-refractivity contribution in [3.63, 3.8) is 0 Å². The van der Waals surface area contributed by atoms with Gasteiger partial charge in [0.25, 0.3) is 10.0 Å². The van der Waals surface area contributed by atoms with Crippen LogP contribution in [0.3, 0.4) is 0 Å². The van der Waals surface area contributed by atoms with Crippen molar-refractivity contribution in [2.24, 2.45) is 0 Å². The second-order valence-electron chi connectivity index (χ2n) is 8.24. The lowest BCUT2D eigenvalue weighted by Gasteiger charge is -2.37. The normalized spacial score (nSPS) is 15.1. The van der Waals surface area contributed by atoms with Crippen molar-refractivity contribution >= 4 is 21.1 Å². The average molecular weight is 443 g/mol. The summed E-state index contributed by atoms with van der Waals surface area (Å²) < 4.78 is 28.2. The monoisotopic (exact) mass is 442 g/mol. The molecule has 2 heterocycles. The first-order chi connectivity index (χ1) is 15.4. The maximum Gasteiger partial charge on any atom is 0.270 e. The van der Waals surface area contributed by atoms with E-state index in [0.717, 1.165) is 36.0 Å². The molecule has 0 atom stereocenters. The van der Waals surface area contributed by atoms with Gasteiger partial charge in [-0.2, -0.15) is 0 Å². The van der Waals surface area contributed by atoms with Crippen LogP contribution in [0.4, 0.5) is 0 Å². The fraction of sp³-hybridized carbons (Fsp3) is 0.192. The van der Waals surface area contributed by atoms with Gasteiger partial charge in [0.2, 0.25) is 0 Å². The van der Waals surface area contributed by atoms with Crippen LogP contribution in [0.2, 0.25) is 0 Å². The highest BCUT2D eigenvalue weighted by atomic mass is 32.2. The van der Waals surface area contributed by atoms with E-state index in [1.165, 1.54) is 3.97 Å². The molecule has 2 aromatic carbocycles. The third-order valence-electron chi connectivity index (χ3n) is 6.02. The van der Waals surface area contributed by atoms with Crippen LogP contribution in [0.15, 0.2) is 77.8 Å². The molecule has 0 amide bonds. The van der Waals surface area contributed by atoms with Gasteiger partial charge in [0.1, 0.15) is 5.69 Å². The molecule has 5 nitrogen and oxygen atoms in total. The summed E-state index contributed by atoms with van der Waals surface area (Å²) in [6.45, 7) is 1.91. The maximum atomic E-state index is 13.5. The van der Waals surface area contributed by atoms with E-state index < -0.39 is 15.6 Å². The van der Waals surface area contributed by atoms with Crippen LogP contribution in [-0.4, -0.2) is 22.5 Å². The number of hydrogen-bond acceptors (Lipinski definition) is 4. The lowest BCUT2D eigenvalue weighted by atomic mass is 9.75. The summed E-state index contributed by atoms with van der Waals surface area (Å²) in [6.07, 6.45) is 4.17. The zero-order valence-electron chi connectivity index (χ0n) is 17.6. The molecular weight excluding hydrogens is 420 g/mol. The SMILES string of the molecule is Cc1ccc(S(=O)(=O)n2c(C#Cc3ccc(C4(O)CCC4)cc3)cc3cccnc32)cc1. The Hall–Kier alpha value is -3.40. The van der Waals surface area contributed by atoms with Gasteiger partial charge in [0.15, 0.2) is 5.65 Å². The summed E-state index contributed by atoms with van der Waals surface area (Å²) in [4.78, 5) is 4.50. The fourth-order valence-electron chi connectivity index (χ4n) is 3.96. The number of rotatable bonds is 3. The topological polar surface area (TPSA) is 72.2 Å². The number of aromatic nitrogens is 2. The van der Waals surface area contributed by atoms with E-state index in [9.17, 15) is 13.5 Å². The van der Waals surface area contributed by atoms with Gasteiger partial charge < -0.3 is 5.11 Å². The van der Waals surface area contributed by atoms with Gasteiger partial charge >= 0.3 is 0 Å². The molecule has 0 saturated heterocycles. The van der Waals surface area contributed by atoms with Crippen molar-refractivity contribution in [1.29, 1.82) is 0 Å². The second kappa shape index (κ2) is 7.63. The Labute approximate surface area is 187 Å². The lowest BCUT2D eigenvalue weighted by Crippen LogP contribution is -2.33. The third-order valence-corrected chi connectivity index (χ3v) is 7.74.